The quantitative estimate of drug-likeness (QED) is 0.868. The molecule has 118 valence electrons. The van der Waals surface area contributed by atoms with Gasteiger partial charge in [-0.2, -0.15) is 5.26 Å². The minimum absolute atomic E-state index is 0.355. The maximum Gasteiger partial charge on any atom is 0.183 e. The Morgan fingerprint density at radius 3 is 2.52 bits per heavy atom. The van der Waals surface area contributed by atoms with Gasteiger partial charge in [0.15, 0.2) is 11.4 Å². The zero-order valence-corrected chi connectivity index (χ0v) is 13.6. The molecule has 0 amide bonds. The van der Waals surface area contributed by atoms with E-state index in [1.165, 1.54) is 5.56 Å². The van der Waals surface area contributed by atoms with Crippen LogP contribution >= 0.6 is 0 Å². The van der Waals surface area contributed by atoms with Gasteiger partial charge < -0.3 is 9.64 Å². The van der Waals surface area contributed by atoms with E-state index >= 15 is 0 Å². The Morgan fingerprint density at radius 2 is 1.91 bits per heavy atom. The van der Waals surface area contributed by atoms with E-state index in [0.717, 1.165) is 37.2 Å². The van der Waals surface area contributed by atoms with Gasteiger partial charge in [0.1, 0.15) is 6.07 Å². The standard InChI is InChI=1S/C19H21N3O/c1-14-18(13-21-17(12-20)19(14)23-2)22-10-8-16(9-11-22)15-6-4-3-5-7-15/h3-7,13,16H,8-11H2,1-2H3. The van der Waals surface area contributed by atoms with Crippen molar-refractivity contribution in [3.05, 3.63) is 53.3 Å². The summed E-state index contributed by atoms with van der Waals surface area (Å²) in [5, 5.41) is 9.13. The highest BCUT2D eigenvalue weighted by molar-refractivity contribution is 5.61. The first-order valence-electron chi connectivity index (χ1n) is 7.98. The van der Waals surface area contributed by atoms with Crippen LogP contribution in [0.25, 0.3) is 0 Å². The van der Waals surface area contributed by atoms with E-state index in [9.17, 15) is 0 Å². The second-order valence-corrected chi connectivity index (χ2v) is 5.93. The lowest BCUT2D eigenvalue weighted by atomic mass is 9.89. The van der Waals surface area contributed by atoms with Gasteiger partial charge >= 0.3 is 0 Å². The summed E-state index contributed by atoms with van der Waals surface area (Å²) in [6, 6.07) is 12.8. The summed E-state index contributed by atoms with van der Waals surface area (Å²) in [6.07, 6.45) is 4.07. The summed E-state index contributed by atoms with van der Waals surface area (Å²) in [7, 11) is 1.59. The van der Waals surface area contributed by atoms with Gasteiger partial charge in [-0.1, -0.05) is 30.3 Å². The number of nitrogens with zero attached hydrogens (tertiary/aromatic N) is 3. The van der Waals surface area contributed by atoms with Crippen molar-refractivity contribution in [1.82, 2.24) is 4.98 Å². The number of rotatable bonds is 3. The number of ether oxygens (including phenoxy) is 1. The van der Waals surface area contributed by atoms with E-state index < -0.39 is 0 Å². The Balaban J connectivity index is 1.77. The zero-order valence-electron chi connectivity index (χ0n) is 13.6. The Morgan fingerprint density at radius 1 is 1.22 bits per heavy atom. The summed E-state index contributed by atoms with van der Waals surface area (Å²) in [5.41, 5.74) is 3.86. The lowest BCUT2D eigenvalue weighted by molar-refractivity contribution is 0.407. The summed E-state index contributed by atoms with van der Waals surface area (Å²) in [4.78, 5) is 6.61. The van der Waals surface area contributed by atoms with Gasteiger partial charge in [0.25, 0.3) is 0 Å². The van der Waals surface area contributed by atoms with Crippen LogP contribution in [-0.2, 0) is 0 Å². The van der Waals surface area contributed by atoms with Crippen molar-refractivity contribution in [3.8, 4) is 11.8 Å². The van der Waals surface area contributed by atoms with Crippen LogP contribution in [-0.4, -0.2) is 25.2 Å². The number of hydrogen-bond donors (Lipinski definition) is 0. The highest BCUT2D eigenvalue weighted by Gasteiger charge is 2.23. The molecule has 0 spiro atoms. The fourth-order valence-corrected chi connectivity index (χ4v) is 3.40. The number of anilines is 1. The molecule has 0 atom stereocenters. The molecule has 4 heteroatoms. The molecule has 1 saturated heterocycles. The Labute approximate surface area is 137 Å². The largest absolute Gasteiger partial charge is 0.493 e. The van der Waals surface area contributed by atoms with Crippen LogP contribution in [0.5, 0.6) is 5.75 Å². The molecule has 1 aliphatic heterocycles. The van der Waals surface area contributed by atoms with Gasteiger partial charge in [0, 0.05) is 18.7 Å². The first-order valence-corrected chi connectivity index (χ1v) is 7.98. The highest BCUT2D eigenvalue weighted by atomic mass is 16.5. The van der Waals surface area contributed by atoms with E-state index in [4.69, 9.17) is 10.00 Å². The SMILES string of the molecule is COc1c(C#N)ncc(N2CCC(c3ccccc3)CC2)c1C. The molecule has 2 heterocycles. The van der Waals surface area contributed by atoms with Gasteiger partial charge in [-0.3, -0.25) is 0 Å². The zero-order chi connectivity index (χ0) is 16.2. The predicted octanol–water partition coefficient (Wildman–Crippen LogP) is 3.65. The lowest BCUT2D eigenvalue weighted by Crippen LogP contribution is -2.33. The van der Waals surface area contributed by atoms with Crippen LogP contribution in [0.3, 0.4) is 0 Å². The maximum atomic E-state index is 9.13. The molecular weight excluding hydrogens is 286 g/mol. The molecule has 0 unspecified atom stereocenters. The molecule has 0 N–H and O–H groups in total. The Bertz CT molecular complexity index is 713. The molecule has 1 aromatic heterocycles. The Kier molecular flexibility index (Phi) is 4.47. The average molecular weight is 307 g/mol. The number of piperidine rings is 1. The van der Waals surface area contributed by atoms with Crippen molar-refractivity contribution < 1.29 is 4.74 Å². The third-order valence-corrected chi connectivity index (χ3v) is 4.67. The van der Waals surface area contributed by atoms with Gasteiger partial charge in [-0.25, -0.2) is 4.98 Å². The molecule has 1 aromatic carbocycles. The summed E-state index contributed by atoms with van der Waals surface area (Å²) in [5.74, 6) is 1.22. The third kappa shape index (κ3) is 3.00. The second kappa shape index (κ2) is 6.70. The average Bonchev–Trinajstić information content (AvgIpc) is 2.62. The molecule has 1 fully saturated rings. The molecule has 0 saturated carbocycles. The number of hydrogen-bond acceptors (Lipinski definition) is 4. The smallest absolute Gasteiger partial charge is 0.183 e. The molecule has 0 radical (unpaired) electrons. The van der Waals surface area contributed by atoms with E-state index in [0.29, 0.717) is 17.4 Å². The Hall–Kier alpha value is -2.54. The molecule has 0 bridgehead atoms. The van der Waals surface area contributed by atoms with E-state index in [-0.39, 0.29) is 0 Å². The lowest BCUT2D eigenvalue weighted by Gasteiger charge is -2.34. The van der Waals surface area contributed by atoms with Crippen LogP contribution in [0.1, 0.15) is 35.6 Å². The van der Waals surface area contributed by atoms with Crippen LogP contribution in [0.2, 0.25) is 0 Å². The topological polar surface area (TPSA) is 49.1 Å². The highest BCUT2D eigenvalue weighted by Crippen LogP contribution is 2.34. The maximum absolute atomic E-state index is 9.13. The molecule has 2 aromatic rings. The molecular formula is C19H21N3O. The van der Waals surface area contributed by atoms with E-state index in [1.807, 2.05) is 6.92 Å². The van der Waals surface area contributed by atoms with Crippen LogP contribution in [0.15, 0.2) is 36.5 Å². The fourth-order valence-electron chi connectivity index (χ4n) is 3.40. The van der Waals surface area contributed by atoms with Crippen LogP contribution in [0.4, 0.5) is 5.69 Å². The summed E-state index contributed by atoms with van der Waals surface area (Å²) < 4.78 is 5.38. The number of benzene rings is 1. The van der Waals surface area contributed by atoms with Crippen molar-refractivity contribution >= 4 is 5.69 Å². The molecule has 23 heavy (non-hydrogen) atoms. The number of pyridine rings is 1. The molecule has 1 aliphatic rings. The van der Waals surface area contributed by atoms with Crippen LogP contribution < -0.4 is 9.64 Å². The number of aromatic nitrogens is 1. The normalized spacial score (nSPS) is 15.3. The van der Waals surface area contributed by atoms with Crippen molar-refractivity contribution in [2.75, 3.05) is 25.1 Å². The molecule has 3 rings (SSSR count). The van der Waals surface area contributed by atoms with E-state index in [1.54, 1.807) is 13.3 Å². The summed E-state index contributed by atoms with van der Waals surface area (Å²) in [6.45, 7) is 3.99. The number of nitriles is 1. The van der Waals surface area contributed by atoms with Crippen LogP contribution in [0, 0.1) is 18.3 Å². The van der Waals surface area contributed by atoms with Gasteiger partial charge in [0.05, 0.1) is 19.0 Å². The summed E-state index contributed by atoms with van der Waals surface area (Å²) >= 11 is 0. The second-order valence-electron chi connectivity index (χ2n) is 5.93. The molecule has 0 aliphatic carbocycles. The predicted molar refractivity (Wildman–Crippen MR) is 90.9 cm³/mol. The first kappa shape index (κ1) is 15.4. The third-order valence-electron chi connectivity index (χ3n) is 4.67. The monoisotopic (exact) mass is 307 g/mol. The van der Waals surface area contributed by atoms with Gasteiger partial charge in [0.2, 0.25) is 0 Å². The van der Waals surface area contributed by atoms with Crippen molar-refractivity contribution in [2.45, 2.75) is 25.7 Å². The van der Waals surface area contributed by atoms with Gasteiger partial charge in [-0.05, 0) is 31.2 Å². The number of methoxy groups -OCH3 is 1. The van der Waals surface area contributed by atoms with Gasteiger partial charge in [-0.15, -0.1) is 0 Å². The van der Waals surface area contributed by atoms with Crippen molar-refractivity contribution in [1.29, 1.82) is 5.26 Å². The van der Waals surface area contributed by atoms with Crippen molar-refractivity contribution in [3.63, 3.8) is 0 Å². The minimum Gasteiger partial charge on any atom is -0.493 e. The fraction of sp³-hybridized carbons (Fsp3) is 0.368. The minimum atomic E-state index is 0.355. The van der Waals surface area contributed by atoms with E-state index in [2.05, 4.69) is 46.3 Å². The molecule has 4 nitrogen and oxygen atoms in total. The first-order chi connectivity index (χ1) is 11.2. The van der Waals surface area contributed by atoms with Crippen molar-refractivity contribution in [2.24, 2.45) is 0 Å².